The summed E-state index contributed by atoms with van der Waals surface area (Å²) in [7, 11) is 0. The summed E-state index contributed by atoms with van der Waals surface area (Å²) in [6.07, 6.45) is 14.3. The van der Waals surface area contributed by atoms with Gasteiger partial charge in [-0.05, 0) is 133 Å². The summed E-state index contributed by atoms with van der Waals surface area (Å²) in [6, 6.07) is 54.8. The largest absolute Gasteiger partial charge is 0.397 e. The van der Waals surface area contributed by atoms with E-state index in [2.05, 4.69) is 187 Å². The van der Waals surface area contributed by atoms with Crippen LogP contribution in [0.5, 0.6) is 0 Å². The fraction of sp³-hybridized carbons (Fsp3) is 0.483. The molecule has 326 valence electrons. The minimum absolute atomic E-state index is 0.250. The van der Waals surface area contributed by atoms with Gasteiger partial charge in [-0.25, -0.2) is 0 Å². The second-order valence-electron chi connectivity index (χ2n) is 18.0. The normalized spacial score (nSPS) is 16.1. The molecule has 6 rings (SSSR count). The van der Waals surface area contributed by atoms with E-state index in [1.54, 1.807) is 6.92 Å². The Bertz CT molecular complexity index is 1740. The maximum Gasteiger partial charge on any atom is 0.0402 e. The molecule has 0 saturated heterocycles. The van der Waals surface area contributed by atoms with E-state index in [1.807, 2.05) is 6.92 Å². The van der Waals surface area contributed by atoms with Gasteiger partial charge >= 0.3 is 0 Å². The number of alkyl halides is 1. The second kappa shape index (κ2) is 28.8. The van der Waals surface area contributed by atoms with E-state index in [0.717, 1.165) is 31.6 Å². The molecule has 1 saturated carbocycles. The van der Waals surface area contributed by atoms with Gasteiger partial charge in [-0.2, -0.15) is 0 Å². The molecule has 0 bridgehead atoms. The molecule has 6 atom stereocenters. The Morgan fingerprint density at radius 2 is 0.733 bits per heavy atom. The first-order valence-electron chi connectivity index (χ1n) is 23.6. The predicted molar refractivity (Wildman–Crippen MR) is 265 cm³/mol. The van der Waals surface area contributed by atoms with Crippen molar-refractivity contribution < 1.29 is 5.11 Å². The molecule has 5 aromatic carbocycles. The van der Waals surface area contributed by atoms with Crippen LogP contribution in [0.3, 0.4) is 0 Å². The standard InChI is InChI=1S/C46H54.C8H16.C2H5Cl.C2H6O/c1-5-35(3)38-27-29-39(30-28-38)36(4)31-44(41-21-13-8-14-22-41)33-46(43-25-17-10-18-26-43)34-45(42-23-15-9-16-24-42)32-37(6-2)40-19-11-7-12-20-40;1-8(2)6-4-3-5-7-8;2*1-2-3/h7-30,35-37,44-46H,5-6,31-34H2,1-4H3;3-7H2,1-2H3;2H2,1H3;3H,2H2,1H3. The molecular formula is C58H81ClO. The zero-order valence-electron chi connectivity index (χ0n) is 38.8. The van der Waals surface area contributed by atoms with Gasteiger partial charge in [-0.3, -0.25) is 0 Å². The highest BCUT2D eigenvalue weighted by Gasteiger charge is 2.27. The molecule has 6 unspecified atom stereocenters. The van der Waals surface area contributed by atoms with Gasteiger partial charge in [0.15, 0.2) is 0 Å². The van der Waals surface area contributed by atoms with Crippen LogP contribution in [-0.4, -0.2) is 17.6 Å². The fourth-order valence-electron chi connectivity index (χ4n) is 9.04. The minimum atomic E-state index is 0.250. The molecule has 0 aliphatic heterocycles. The molecule has 0 heterocycles. The third-order valence-electron chi connectivity index (χ3n) is 12.8. The highest BCUT2D eigenvalue weighted by atomic mass is 35.5. The zero-order chi connectivity index (χ0) is 43.6. The molecule has 1 aliphatic rings. The lowest BCUT2D eigenvalue weighted by atomic mass is 9.73. The molecule has 1 N–H and O–H groups in total. The summed E-state index contributed by atoms with van der Waals surface area (Å²) in [5.74, 6) is 3.79. The van der Waals surface area contributed by atoms with Crippen molar-refractivity contribution in [2.75, 3.05) is 12.5 Å². The van der Waals surface area contributed by atoms with Crippen LogP contribution in [-0.2, 0) is 0 Å². The Morgan fingerprint density at radius 3 is 1.03 bits per heavy atom. The molecular weight excluding hydrogens is 748 g/mol. The van der Waals surface area contributed by atoms with E-state index >= 15 is 0 Å². The molecule has 0 spiro atoms. The Morgan fingerprint density at radius 1 is 0.433 bits per heavy atom. The average Bonchev–Trinajstić information content (AvgIpc) is 3.28. The summed E-state index contributed by atoms with van der Waals surface area (Å²) < 4.78 is 0. The smallest absolute Gasteiger partial charge is 0.0402 e. The van der Waals surface area contributed by atoms with Crippen molar-refractivity contribution in [1.29, 1.82) is 0 Å². The van der Waals surface area contributed by atoms with Crippen molar-refractivity contribution in [2.24, 2.45) is 5.41 Å². The van der Waals surface area contributed by atoms with Crippen molar-refractivity contribution in [3.63, 3.8) is 0 Å². The van der Waals surface area contributed by atoms with E-state index < -0.39 is 0 Å². The average molecular weight is 830 g/mol. The van der Waals surface area contributed by atoms with Gasteiger partial charge < -0.3 is 5.11 Å². The molecule has 0 aromatic heterocycles. The number of hydrogen-bond donors (Lipinski definition) is 1. The van der Waals surface area contributed by atoms with Crippen LogP contribution < -0.4 is 0 Å². The second-order valence-corrected chi connectivity index (χ2v) is 18.5. The van der Waals surface area contributed by atoms with Crippen LogP contribution >= 0.6 is 11.6 Å². The highest BCUT2D eigenvalue weighted by molar-refractivity contribution is 6.17. The topological polar surface area (TPSA) is 20.2 Å². The molecule has 60 heavy (non-hydrogen) atoms. The first-order valence-corrected chi connectivity index (χ1v) is 24.1. The maximum atomic E-state index is 7.57. The number of benzene rings is 5. The number of hydrogen-bond acceptors (Lipinski definition) is 1. The Hall–Kier alpha value is -3.65. The SMILES string of the molecule is CC1(C)CCCCC1.CCC(C)c1ccc(C(C)CC(CC(CC(CC(CC)c2ccccc2)c2ccccc2)c2ccccc2)c2ccccc2)cc1.CCCl.CCO. The van der Waals surface area contributed by atoms with Gasteiger partial charge in [0.2, 0.25) is 0 Å². The molecule has 1 aliphatic carbocycles. The van der Waals surface area contributed by atoms with Crippen molar-refractivity contribution in [3.05, 3.63) is 179 Å². The maximum absolute atomic E-state index is 7.57. The van der Waals surface area contributed by atoms with E-state index in [4.69, 9.17) is 16.7 Å². The van der Waals surface area contributed by atoms with Crippen LogP contribution in [0.15, 0.2) is 146 Å². The van der Waals surface area contributed by atoms with E-state index in [-0.39, 0.29) is 6.61 Å². The van der Waals surface area contributed by atoms with Gasteiger partial charge in [0.25, 0.3) is 0 Å². The summed E-state index contributed by atoms with van der Waals surface area (Å²) in [4.78, 5) is 0. The summed E-state index contributed by atoms with van der Waals surface area (Å²) >= 11 is 5.00. The van der Waals surface area contributed by atoms with Gasteiger partial charge in [0, 0.05) is 12.5 Å². The van der Waals surface area contributed by atoms with Gasteiger partial charge in [-0.1, -0.05) is 213 Å². The van der Waals surface area contributed by atoms with Crippen molar-refractivity contribution in [1.82, 2.24) is 0 Å². The van der Waals surface area contributed by atoms with Crippen molar-refractivity contribution in [2.45, 2.75) is 162 Å². The molecule has 1 nitrogen and oxygen atoms in total. The van der Waals surface area contributed by atoms with Crippen LogP contribution in [0.2, 0.25) is 0 Å². The van der Waals surface area contributed by atoms with Crippen LogP contribution in [0.25, 0.3) is 0 Å². The van der Waals surface area contributed by atoms with E-state index in [0.29, 0.717) is 40.9 Å². The number of aliphatic hydroxyl groups excluding tert-OH is 1. The van der Waals surface area contributed by atoms with Gasteiger partial charge in [0.1, 0.15) is 0 Å². The summed E-state index contributed by atoms with van der Waals surface area (Å²) in [5, 5.41) is 7.57. The number of halogens is 1. The third kappa shape index (κ3) is 18.1. The predicted octanol–water partition coefficient (Wildman–Crippen LogP) is 17.6. The molecule has 5 aromatic rings. The Kier molecular flexibility index (Phi) is 24.3. The molecule has 1 fully saturated rings. The summed E-state index contributed by atoms with van der Waals surface area (Å²) in [5.41, 5.74) is 9.48. The molecule has 0 radical (unpaired) electrons. The summed E-state index contributed by atoms with van der Waals surface area (Å²) in [6.45, 7) is 18.0. The van der Waals surface area contributed by atoms with E-state index in [9.17, 15) is 0 Å². The van der Waals surface area contributed by atoms with Crippen molar-refractivity contribution >= 4 is 11.6 Å². The van der Waals surface area contributed by atoms with Crippen molar-refractivity contribution in [3.8, 4) is 0 Å². The minimum Gasteiger partial charge on any atom is -0.397 e. The Balaban J connectivity index is 0.000000588. The van der Waals surface area contributed by atoms with E-state index in [1.165, 1.54) is 78.3 Å². The number of aliphatic hydroxyl groups is 1. The third-order valence-corrected chi connectivity index (χ3v) is 12.8. The first kappa shape index (κ1) is 50.7. The van der Waals surface area contributed by atoms with Crippen LogP contribution in [0, 0.1) is 5.41 Å². The van der Waals surface area contributed by atoms with Gasteiger partial charge in [-0.15, -0.1) is 11.6 Å². The lowest BCUT2D eigenvalue weighted by Gasteiger charge is -2.31. The quantitative estimate of drug-likeness (QED) is 0.0983. The fourth-order valence-corrected chi connectivity index (χ4v) is 9.04. The molecule has 2 heteroatoms. The highest BCUT2D eigenvalue weighted by Crippen LogP contribution is 2.44. The molecule has 0 amide bonds. The number of rotatable bonds is 16. The Labute approximate surface area is 373 Å². The van der Waals surface area contributed by atoms with Crippen LogP contribution in [0.1, 0.15) is 195 Å². The lowest BCUT2D eigenvalue weighted by molar-refractivity contribution is 0.244. The van der Waals surface area contributed by atoms with Crippen LogP contribution in [0.4, 0.5) is 0 Å². The zero-order valence-corrected chi connectivity index (χ0v) is 39.6. The lowest BCUT2D eigenvalue weighted by Crippen LogP contribution is -2.15. The first-order chi connectivity index (χ1) is 29.1. The monoisotopic (exact) mass is 829 g/mol. The van der Waals surface area contributed by atoms with Gasteiger partial charge in [0.05, 0.1) is 0 Å².